The van der Waals surface area contributed by atoms with Crippen molar-refractivity contribution in [1.82, 2.24) is 10.3 Å². The zero-order valence-corrected chi connectivity index (χ0v) is 13.2. The summed E-state index contributed by atoms with van der Waals surface area (Å²) in [5, 5.41) is 5.44. The number of piperazine rings is 1. The van der Waals surface area contributed by atoms with Crippen LogP contribution in [0.2, 0.25) is 10.0 Å². The van der Waals surface area contributed by atoms with Gasteiger partial charge in [0.25, 0.3) is 0 Å². The summed E-state index contributed by atoms with van der Waals surface area (Å²) in [5.74, 6) is 0. The van der Waals surface area contributed by atoms with Crippen molar-refractivity contribution in [3.63, 3.8) is 0 Å². The summed E-state index contributed by atoms with van der Waals surface area (Å²) in [6.07, 6.45) is 1.79. The van der Waals surface area contributed by atoms with Crippen LogP contribution in [0.25, 0.3) is 10.9 Å². The van der Waals surface area contributed by atoms with Gasteiger partial charge in [-0.05, 0) is 28.1 Å². The number of nitrogens with zero attached hydrogens (tertiary/aromatic N) is 2. The number of hydrogen-bond acceptors (Lipinski definition) is 3. The number of nitrogens with one attached hydrogen (secondary N) is 1. The molecule has 0 saturated carbocycles. The summed E-state index contributed by atoms with van der Waals surface area (Å²) in [5.41, 5.74) is 1.90. The van der Waals surface area contributed by atoms with E-state index >= 15 is 0 Å². The van der Waals surface area contributed by atoms with Crippen molar-refractivity contribution < 1.29 is 0 Å². The predicted molar refractivity (Wildman–Crippen MR) is 84.5 cm³/mol. The number of fused-ring (bicyclic) bond motifs is 1. The highest BCUT2D eigenvalue weighted by Crippen LogP contribution is 2.38. The number of aromatic nitrogens is 1. The smallest absolute Gasteiger partial charge is 0.0925 e. The molecule has 19 heavy (non-hydrogen) atoms. The highest BCUT2D eigenvalue weighted by atomic mass is 79.9. The van der Waals surface area contributed by atoms with Gasteiger partial charge < -0.3 is 10.2 Å². The summed E-state index contributed by atoms with van der Waals surface area (Å²) >= 11 is 15.9. The summed E-state index contributed by atoms with van der Waals surface area (Å²) in [4.78, 5) is 6.73. The summed E-state index contributed by atoms with van der Waals surface area (Å²) < 4.78 is 0.986. The molecule has 0 atom stereocenters. The molecule has 1 aromatic heterocycles. The fourth-order valence-electron chi connectivity index (χ4n) is 2.38. The van der Waals surface area contributed by atoms with Gasteiger partial charge in [0.05, 0.1) is 25.7 Å². The Kier molecular flexibility index (Phi) is 3.85. The molecule has 1 aliphatic heterocycles. The van der Waals surface area contributed by atoms with E-state index in [1.807, 2.05) is 12.1 Å². The number of anilines is 1. The third-order valence-corrected chi connectivity index (χ3v) is 4.67. The van der Waals surface area contributed by atoms with Gasteiger partial charge in [-0.15, -0.1) is 0 Å². The minimum Gasteiger partial charge on any atom is -0.367 e. The van der Waals surface area contributed by atoms with Crippen LogP contribution in [-0.4, -0.2) is 31.2 Å². The second-order valence-corrected chi connectivity index (χ2v) is 6.09. The molecule has 1 N–H and O–H groups in total. The Labute approximate surface area is 130 Å². The molecule has 2 aromatic rings. The van der Waals surface area contributed by atoms with Crippen molar-refractivity contribution in [2.45, 2.75) is 0 Å². The van der Waals surface area contributed by atoms with Gasteiger partial charge in [0.15, 0.2) is 0 Å². The normalized spacial score (nSPS) is 16.1. The van der Waals surface area contributed by atoms with E-state index in [0.29, 0.717) is 10.0 Å². The lowest BCUT2D eigenvalue weighted by molar-refractivity contribution is 0.589. The third kappa shape index (κ3) is 2.42. The van der Waals surface area contributed by atoms with Crippen molar-refractivity contribution in [2.75, 3.05) is 31.1 Å². The van der Waals surface area contributed by atoms with Gasteiger partial charge in [-0.1, -0.05) is 23.2 Å². The van der Waals surface area contributed by atoms with Crippen molar-refractivity contribution in [3.8, 4) is 0 Å². The van der Waals surface area contributed by atoms with E-state index in [1.165, 1.54) is 0 Å². The number of hydrogen-bond donors (Lipinski definition) is 1. The maximum atomic E-state index is 6.25. The first-order chi connectivity index (χ1) is 9.18. The first-order valence-corrected chi connectivity index (χ1v) is 7.61. The van der Waals surface area contributed by atoms with Gasteiger partial charge in [0.2, 0.25) is 0 Å². The van der Waals surface area contributed by atoms with Crippen molar-refractivity contribution in [3.05, 3.63) is 32.8 Å². The van der Waals surface area contributed by atoms with Crippen molar-refractivity contribution >= 4 is 55.7 Å². The van der Waals surface area contributed by atoms with Crippen LogP contribution in [-0.2, 0) is 0 Å². The van der Waals surface area contributed by atoms with Crippen LogP contribution in [0.4, 0.5) is 5.69 Å². The van der Waals surface area contributed by atoms with Gasteiger partial charge in [-0.3, -0.25) is 4.98 Å². The SMILES string of the molecule is Clc1ccc2c(N3CCNCC3)c(Br)cnc2c1Cl. The standard InChI is InChI=1S/C13H12BrCl2N3/c14-9-7-18-12-8(1-2-10(15)11(12)16)13(9)19-5-3-17-4-6-19/h1-2,7,17H,3-6H2. The largest absolute Gasteiger partial charge is 0.367 e. The molecule has 0 radical (unpaired) electrons. The van der Waals surface area contributed by atoms with E-state index in [0.717, 1.165) is 47.2 Å². The Balaban J connectivity index is 2.21. The predicted octanol–water partition coefficient (Wildman–Crippen LogP) is 3.71. The van der Waals surface area contributed by atoms with Crippen LogP contribution in [0, 0.1) is 0 Å². The molecule has 1 aliphatic rings. The molecule has 100 valence electrons. The van der Waals surface area contributed by atoms with Gasteiger partial charge in [0, 0.05) is 37.8 Å². The van der Waals surface area contributed by atoms with Crippen LogP contribution >= 0.6 is 39.1 Å². The monoisotopic (exact) mass is 359 g/mol. The van der Waals surface area contributed by atoms with Gasteiger partial charge in [-0.25, -0.2) is 0 Å². The fourth-order valence-corrected chi connectivity index (χ4v) is 3.31. The molecule has 1 fully saturated rings. The van der Waals surface area contributed by atoms with E-state index in [9.17, 15) is 0 Å². The van der Waals surface area contributed by atoms with Crippen molar-refractivity contribution in [1.29, 1.82) is 0 Å². The van der Waals surface area contributed by atoms with Gasteiger partial charge in [0.1, 0.15) is 0 Å². The average Bonchev–Trinajstić information content (AvgIpc) is 2.44. The van der Waals surface area contributed by atoms with Crippen molar-refractivity contribution in [2.24, 2.45) is 0 Å². The van der Waals surface area contributed by atoms with E-state index in [2.05, 4.69) is 31.1 Å². The van der Waals surface area contributed by atoms with E-state index in [4.69, 9.17) is 23.2 Å². The third-order valence-electron chi connectivity index (χ3n) is 3.29. The van der Waals surface area contributed by atoms with Crippen LogP contribution in [0.1, 0.15) is 0 Å². The highest BCUT2D eigenvalue weighted by Gasteiger charge is 2.18. The summed E-state index contributed by atoms with van der Waals surface area (Å²) in [6.45, 7) is 3.91. The second kappa shape index (κ2) is 5.44. The maximum Gasteiger partial charge on any atom is 0.0925 e. The Morgan fingerprint density at radius 3 is 2.68 bits per heavy atom. The van der Waals surface area contributed by atoms with Crippen LogP contribution in [0.3, 0.4) is 0 Å². The highest BCUT2D eigenvalue weighted by molar-refractivity contribution is 9.10. The quantitative estimate of drug-likeness (QED) is 0.840. The molecule has 6 heteroatoms. The molecule has 2 heterocycles. The molecular weight excluding hydrogens is 349 g/mol. The lowest BCUT2D eigenvalue weighted by Gasteiger charge is -2.31. The molecule has 0 spiro atoms. The van der Waals surface area contributed by atoms with E-state index in [1.54, 1.807) is 6.20 Å². The molecule has 0 bridgehead atoms. The minimum absolute atomic E-state index is 0.517. The average molecular weight is 361 g/mol. The summed E-state index contributed by atoms with van der Waals surface area (Å²) in [7, 11) is 0. The second-order valence-electron chi connectivity index (χ2n) is 4.45. The Bertz CT molecular complexity index is 627. The Morgan fingerprint density at radius 2 is 1.95 bits per heavy atom. The molecule has 3 rings (SSSR count). The van der Waals surface area contributed by atoms with Crippen LogP contribution in [0.15, 0.2) is 22.8 Å². The van der Waals surface area contributed by atoms with Crippen LogP contribution in [0.5, 0.6) is 0 Å². The molecule has 0 amide bonds. The minimum atomic E-state index is 0.517. The number of halogens is 3. The lowest BCUT2D eigenvalue weighted by Crippen LogP contribution is -2.43. The van der Waals surface area contributed by atoms with E-state index in [-0.39, 0.29) is 0 Å². The first kappa shape index (κ1) is 13.4. The molecule has 3 nitrogen and oxygen atoms in total. The van der Waals surface area contributed by atoms with Gasteiger partial charge in [-0.2, -0.15) is 0 Å². The van der Waals surface area contributed by atoms with Crippen LogP contribution < -0.4 is 10.2 Å². The zero-order chi connectivity index (χ0) is 13.4. The topological polar surface area (TPSA) is 28.2 Å². The van der Waals surface area contributed by atoms with E-state index < -0.39 is 0 Å². The van der Waals surface area contributed by atoms with Gasteiger partial charge >= 0.3 is 0 Å². The number of rotatable bonds is 1. The Hall–Kier alpha value is -0.550. The molecule has 0 aliphatic carbocycles. The molecule has 1 aromatic carbocycles. The fraction of sp³-hybridized carbons (Fsp3) is 0.308. The maximum absolute atomic E-state index is 6.25. The number of benzene rings is 1. The molecule has 1 saturated heterocycles. The lowest BCUT2D eigenvalue weighted by atomic mass is 10.1. The first-order valence-electron chi connectivity index (χ1n) is 6.06. The summed E-state index contributed by atoms with van der Waals surface area (Å²) in [6, 6.07) is 3.81. The number of pyridine rings is 1. The zero-order valence-electron chi connectivity index (χ0n) is 10.1. The molecule has 0 unspecified atom stereocenters. The molecular formula is C13H12BrCl2N3. The Morgan fingerprint density at radius 1 is 1.21 bits per heavy atom.